The predicted octanol–water partition coefficient (Wildman–Crippen LogP) is 2.42. The van der Waals surface area contributed by atoms with Crippen LogP contribution in [-0.2, 0) is 16.1 Å². The third-order valence-electron chi connectivity index (χ3n) is 4.30. The lowest BCUT2D eigenvalue weighted by atomic mass is 10.2. The second-order valence-electron chi connectivity index (χ2n) is 6.24. The second kappa shape index (κ2) is 8.49. The van der Waals surface area contributed by atoms with Gasteiger partial charge in [0.2, 0.25) is 5.91 Å². The fraction of sp³-hybridized carbons (Fsp3) is 0.300. The molecule has 1 heterocycles. The van der Waals surface area contributed by atoms with Gasteiger partial charge in [0, 0.05) is 18.8 Å². The van der Waals surface area contributed by atoms with E-state index in [0.717, 1.165) is 5.56 Å². The minimum absolute atomic E-state index is 0.121. The average Bonchev–Trinajstić information content (AvgIpc) is 3.12. The van der Waals surface area contributed by atoms with Gasteiger partial charge in [0.15, 0.2) is 0 Å². The molecule has 1 saturated heterocycles. The number of hydrogen-bond acceptors (Lipinski definition) is 4. The number of likely N-dealkylation sites (tertiary alicyclic amines) is 1. The lowest BCUT2D eigenvalue weighted by molar-refractivity contribution is -0.129. The number of aliphatic hydroxyl groups excluding tert-OH is 1. The van der Waals surface area contributed by atoms with Gasteiger partial charge in [-0.25, -0.2) is 4.79 Å². The summed E-state index contributed by atoms with van der Waals surface area (Å²) in [4.78, 5) is 28.0. The van der Waals surface area contributed by atoms with Gasteiger partial charge in [0.05, 0.1) is 6.10 Å². The summed E-state index contributed by atoms with van der Waals surface area (Å²) in [6.45, 7) is 0.826. The SMILES string of the molecule is O=C(CN(C(=O)OCc1ccccc1)c1ccccc1)N1CCC(O)C1. The molecule has 0 bridgehead atoms. The van der Waals surface area contributed by atoms with Crippen LogP contribution in [0.2, 0.25) is 0 Å². The highest BCUT2D eigenvalue weighted by Crippen LogP contribution is 2.17. The van der Waals surface area contributed by atoms with E-state index < -0.39 is 12.2 Å². The fourth-order valence-electron chi connectivity index (χ4n) is 2.87. The molecule has 1 aliphatic rings. The normalized spacial score (nSPS) is 16.3. The zero-order valence-corrected chi connectivity index (χ0v) is 14.5. The topological polar surface area (TPSA) is 70.1 Å². The molecule has 1 atom stereocenters. The minimum Gasteiger partial charge on any atom is -0.444 e. The zero-order chi connectivity index (χ0) is 18.4. The molecule has 26 heavy (non-hydrogen) atoms. The van der Waals surface area contributed by atoms with Crippen molar-refractivity contribution in [1.82, 2.24) is 4.90 Å². The summed E-state index contributed by atoms with van der Waals surface area (Å²) >= 11 is 0. The lowest BCUT2D eigenvalue weighted by Crippen LogP contribution is -2.42. The van der Waals surface area contributed by atoms with Gasteiger partial charge in [-0.15, -0.1) is 0 Å². The molecule has 0 aromatic heterocycles. The Kier molecular flexibility index (Phi) is 5.86. The van der Waals surface area contributed by atoms with Gasteiger partial charge in [0.25, 0.3) is 0 Å². The first-order chi connectivity index (χ1) is 12.6. The number of carbonyl (C=O) groups is 2. The van der Waals surface area contributed by atoms with Crippen molar-refractivity contribution in [2.45, 2.75) is 19.1 Å². The lowest BCUT2D eigenvalue weighted by Gasteiger charge is -2.24. The Bertz CT molecular complexity index is 736. The van der Waals surface area contributed by atoms with Gasteiger partial charge in [0.1, 0.15) is 13.2 Å². The second-order valence-corrected chi connectivity index (χ2v) is 6.24. The molecular weight excluding hydrogens is 332 g/mol. The van der Waals surface area contributed by atoms with Crippen LogP contribution in [0.4, 0.5) is 10.5 Å². The number of aliphatic hydroxyl groups is 1. The first kappa shape index (κ1) is 17.9. The first-order valence-corrected chi connectivity index (χ1v) is 8.62. The van der Waals surface area contributed by atoms with Crippen LogP contribution in [0, 0.1) is 0 Å². The van der Waals surface area contributed by atoms with Crippen molar-refractivity contribution in [1.29, 1.82) is 0 Å². The summed E-state index contributed by atoms with van der Waals surface area (Å²) in [5.41, 5.74) is 1.47. The van der Waals surface area contributed by atoms with Crippen molar-refractivity contribution < 1.29 is 19.4 Å². The zero-order valence-electron chi connectivity index (χ0n) is 14.5. The van der Waals surface area contributed by atoms with Crippen LogP contribution in [0.5, 0.6) is 0 Å². The summed E-state index contributed by atoms with van der Waals surface area (Å²) in [6, 6.07) is 18.4. The number of β-amino-alcohol motifs (C(OH)–C–C–N with tert-alkyl or cyclic N) is 1. The highest BCUT2D eigenvalue weighted by molar-refractivity contribution is 5.95. The van der Waals surface area contributed by atoms with E-state index in [1.807, 2.05) is 36.4 Å². The molecule has 0 aliphatic carbocycles. The molecule has 6 nitrogen and oxygen atoms in total. The van der Waals surface area contributed by atoms with E-state index in [0.29, 0.717) is 25.2 Å². The molecule has 0 radical (unpaired) electrons. The molecular formula is C20H22N2O4. The van der Waals surface area contributed by atoms with Crippen LogP contribution in [-0.4, -0.2) is 47.7 Å². The van der Waals surface area contributed by atoms with Crippen molar-refractivity contribution >= 4 is 17.7 Å². The Morgan fingerprint density at radius 1 is 1.08 bits per heavy atom. The molecule has 2 amide bonds. The van der Waals surface area contributed by atoms with Crippen molar-refractivity contribution in [3.05, 3.63) is 66.2 Å². The molecule has 3 rings (SSSR count). The third kappa shape index (κ3) is 4.61. The largest absolute Gasteiger partial charge is 0.444 e. The summed E-state index contributed by atoms with van der Waals surface area (Å²) in [6.07, 6.45) is -0.502. The number of rotatable bonds is 5. The maximum Gasteiger partial charge on any atom is 0.415 e. The van der Waals surface area contributed by atoms with E-state index in [9.17, 15) is 14.7 Å². The summed E-state index contributed by atoms with van der Waals surface area (Å²) in [5, 5.41) is 9.62. The number of para-hydroxylation sites is 1. The molecule has 0 spiro atoms. The summed E-state index contributed by atoms with van der Waals surface area (Å²) < 4.78 is 5.40. The van der Waals surface area contributed by atoms with Gasteiger partial charge in [-0.3, -0.25) is 9.69 Å². The number of nitrogens with zero attached hydrogens (tertiary/aromatic N) is 2. The van der Waals surface area contributed by atoms with Crippen molar-refractivity contribution in [2.24, 2.45) is 0 Å². The molecule has 1 N–H and O–H groups in total. The van der Waals surface area contributed by atoms with E-state index >= 15 is 0 Å². The fourth-order valence-corrected chi connectivity index (χ4v) is 2.87. The van der Waals surface area contributed by atoms with E-state index in [4.69, 9.17) is 4.74 Å². The first-order valence-electron chi connectivity index (χ1n) is 8.62. The van der Waals surface area contributed by atoms with Crippen molar-refractivity contribution in [3.63, 3.8) is 0 Å². The minimum atomic E-state index is -0.576. The number of amides is 2. The smallest absolute Gasteiger partial charge is 0.415 e. The molecule has 2 aromatic rings. The summed E-state index contributed by atoms with van der Waals surface area (Å²) in [7, 11) is 0. The summed E-state index contributed by atoms with van der Waals surface area (Å²) in [5.74, 6) is -0.206. The van der Waals surface area contributed by atoms with E-state index in [2.05, 4.69) is 0 Å². The van der Waals surface area contributed by atoms with Gasteiger partial charge in [-0.2, -0.15) is 0 Å². The van der Waals surface area contributed by atoms with Gasteiger partial charge in [-0.1, -0.05) is 48.5 Å². The number of ether oxygens (including phenoxy) is 1. The highest BCUT2D eigenvalue weighted by atomic mass is 16.6. The molecule has 1 fully saturated rings. The highest BCUT2D eigenvalue weighted by Gasteiger charge is 2.28. The van der Waals surface area contributed by atoms with Crippen LogP contribution in [0.25, 0.3) is 0 Å². The number of anilines is 1. The van der Waals surface area contributed by atoms with Gasteiger partial charge >= 0.3 is 6.09 Å². The van der Waals surface area contributed by atoms with Crippen LogP contribution < -0.4 is 4.90 Å². The maximum atomic E-state index is 12.6. The molecule has 1 unspecified atom stereocenters. The Hall–Kier alpha value is -2.86. The number of benzene rings is 2. The molecule has 2 aromatic carbocycles. The number of hydrogen-bond donors (Lipinski definition) is 1. The standard InChI is InChI=1S/C20H22N2O4/c23-18-11-12-21(13-18)19(24)14-22(17-9-5-2-6-10-17)20(25)26-15-16-7-3-1-4-8-16/h1-10,18,23H,11-15H2. The van der Waals surface area contributed by atoms with E-state index in [-0.39, 0.29) is 19.1 Å². The van der Waals surface area contributed by atoms with E-state index in [1.165, 1.54) is 4.90 Å². The Morgan fingerprint density at radius 2 is 1.73 bits per heavy atom. The van der Waals surface area contributed by atoms with Crippen molar-refractivity contribution in [3.8, 4) is 0 Å². The third-order valence-corrected chi connectivity index (χ3v) is 4.30. The van der Waals surface area contributed by atoms with Gasteiger partial charge in [-0.05, 0) is 24.1 Å². The Morgan fingerprint density at radius 3 is 2.35 bits per heavy atom. The maximum absolute atomic E-state index is 12.6. The van der Waals surface area contributed by atoms with Gasteiger partial charge < -0.3 is 14.7 Å². The Balaban J connectivity index is 1.69. The van der Waals surface area contributed by atoms with Crippen LogP contribution in [0.15, 0.2) is 60.7 Å². The number of carbonyl (C=O) groups excluding carboxylic acids is 2. The van der Waals surface area contributed by atoms with Crippen LogP contribution in [0.1, 0.15) is 12.0 Å². The molecule has 1 aliphatic heterocycles. The van der Waals surface area contributed by atoms with E-state index in [1.54, 1.807) is 29.2 Å². The predicted molar refractivity (Wildman–Crippen MR) is 97.6 cm³/mol. The molecule has 136 valence electrons. The monoisotopic (exact) mass is 354 g/mol. The van der Waals surface area contributed by atoms with Crippen LogP contribution >= 0.6 is 0 Å². The average molecular weight is 354 g/mol. The van der Waals surface area contributed by atoms with Crippen molar-refractivity contribution in [2.75, 3.05) is 24.5 Å². The molecule has 6 heteroatoms. The van der Waals surface area contributed by atoms with Crippen LogP contribution in [0.3, 0.4) is 0 Å². The molecule has 0 saturated carbocycles. The quantitative estimate of drug-likeness (QED) is 0.895. The Labute approximate surface area is 152 Å².